The number of benzene rings is 1. The van der Waals surface area contributed by atoms with E-state index in [2.05, 4.69) is 25.5 Å². The molecule has 4 aromatic rings. The van der Waals surface area contributed by atoms with E-state index in [4.69, 9.17) is 10.5 Å². The Balaban J connectivity index is 1.88. The Labute approximate surface area is 118 Å². The molecule has 0 saturated carbocycles. The van der Waals surface area contributed by atoms with E-state index in [1.54, 1.807) is 24.5 Å². The highest BCUT2D eigenvalue weighted by molar-refractivity contribution is 5.94. The molecule has 0 saturated heterocycles. The van der Waals surface area contributed by atoms with Gasteiger partial charge >= 0.3 is 0 Å². The Morgan fingerprint density at radius 2 is 2.10 bits per heavy atom. The van der Waals surface area contributed by atoms with Crippen molar-refractivity contribution < 1.29 is 4.74 Å². The largest absolute Gasteiger partial charge is 0.435 e. The number of rotatable bonds is 2. The lowest BCUT2D eigenvalue weighted by Gasteiger charge is -2.09. The molecule has 0 fully saturated rings. The molecule has 0 amide bonds. The molecule has 0 radical (unpaired) electrons. The fraction of sp³-hybridized carbons (Fsp3) is 0. The highest BCUT2D eigenvalue weighted by atomic mass is 16.5. The number of hydrogen-bond donors (Lipinski definition) is 1. The lowest BCUT2D eigenvalue weighted by atomic mass is 10.2. The molecule has 2 N–H and O–H groups in total. The van der Waals surface area contributed by atoms with E-state index in [9.17, 15) is 0 Å². The zero-order valence-corrected chi connectivity index (χ0v) is 10.7. The highest BCUT2D eigenvalue weighted by Gasteiger charge is 2.10. The minimum Gasteiger partial charge on any atom is -0.435 e. The summed E-state index contributed by atoms with van der Waals surface area (Å²) >= 11 is 0. The smallest absolute Gasteiger partial charge is 0.242 e. The fourth-order valence-corrected chi connectivity index (χ4v) is 2.09. The first-order valence-corrected chi connectivity index (χ1v) is 6.16. The topological polar surface area (TPSA) is 104 Å². The van der Waals surface area contributed by atoms with Crippen LogP contribution >= 0.6 is 0 Å². The third-order valence-corrected chi connectivity index (χ3v) is 3.06. The van der Waals surface area contributed by atoms with Crippen LogP contribution in [0.4, 0.5) is 5.69 Å². The minimum absolute atomic E-state index is 0.397. The number of nitrogens with two attached hydrogens (primary N) is 1. The molecule has 0 atom stereocenters. The first kappa shape index (κ1) is 11.5. The lowest BCUT2D eigenvalue weighted by molar-refractivity contribution is 0.446. The zero-order valence-electron chi connectivity index (χ0n) is 10.7. The van der Waals surface area contributed by atoms with Gasteiger partial charge in [0, 0.05) is 17.3 Å². The third kappa shape index (κ3) is 1.81. The molecular formula is C13H9N7O. The standard InChI is InChI=1S/C13H9N7O/c14-9-3-4-10(13-8(9)2-1-5-16-13)21-12-7-15-6-11-17-18-19-20(11)12/h1-7H,14H2. The number of ether oxygens (including phenoxy) is 1. The van der Waals surface area contributed by atoms with Crippen molar-refractivity contribution in [1.82, 2.24) is 30.0 Å². The molecule has 1 aromatic carbocycles. The van der Waals surface area contributed by atoms with Crippen LogP contribution in [-0.2, 0) is 0 Å². The molecular weight excluding hydrogens is 270 g/mol. The van der Waals surface area contributed by atoms with Gasteiger partial charge in [0.05, 0.1) is 12.4 Å². The molecule has 0 unspecified atom stereocenters. The van der Waals surface area contributed by atoms with Gasteiger partial charge < -0.3 is 10.5 Å². The molecule has 4 rings (SSSR count). The van der Waals surface area contributed by atoms with Crippen molar-refractivity contribution in [2.45, 2.75) is 0 Å². The van der Waals surface area contributed by atoms with E-state index in [1.165, 1.54) is 10.7 Å². The van der Waals surface area contributed by atoms with Crippen molar-refractivity contribution in [2.24, 2.45) is 0 Å². The minimum atomic E-state index is 0.397. The third-order valence-electron chi connectivity index (χ3n) is 3.06. The van der Waals surface area contributed by atoms with Gasteiger partial charge in [0.2, 0.25) is 11.5 Å². The van der Waals surface area contributed by atoms with Crippen LogP contribution in [0.5, 0.6) is 11.6 Å². The van der Waals surface area contributed by atoms with Gasteiger partial charge in [-0.1, -0.05) is 0 Å². The van der Waals surface area contributed by atoms with E-state index in [1.807, 2.05) is 12.1 Å². The molecule has 0 aliphatic carbocycles. The molecule has 3 heterocycles. The van der Waals surface area contributed by atoms with Crippen molar-refractivity contribution in [3.63, 3.8) is 0 Å². The predicted molar refractivity (Wildman–Crippen MR) is 74.8 cm³/mol. The van der Waals surface area contributed by atoms with E-state index in [-0.39, 0.29) is 0 Å². The summed E-state index contributed by atoms with van der Waals surface area (Å²) in [7, 11) is 0. The highest BCUT2D eigenvalue weighted by Crippen LogP contribution is 2.31. The summed E-state index contributed by atoms with van der Waals surface area (Å²) in [6, 6.07) is 7.24. The molecule has 0 spiro atoms. The van der Waals surface area contributed by atoms with Crippen LogP contribution in [0.3, 0.4) is 0 Å². The second kappa shape index (κ2) is 4.37. The number of aromatic nitrogens is 6. The summed E-state index contributed by atoms with van der Waals surface area (Å²) < 4.78 is 7.31. The van der Waals surface area contributed by atoms with Crippen molar-refractivity contribution in [3.05, 3.63) is 42.9 Å². The van der Waals surface area contributed by atoms with Crippen molar-refractivity contribution in [3.8, 4) is 11.6 Å². The Bertz CT molecular complexity index is 949. The van der Waals surface area contributed by atoms with Crippen LogP contribution in [-0.4, -0.2) is 30.0 Å². The first-order chi connectivity index (χ1) is 10.3. The van der Waals surface area contributed by atoms with Gasteiger partial charge in [-0.05, 0) is 34.7 Å². The van der Waals surface area contributed by atoms with Crippen LogP contribution < -0.4 is 10.5 Å². The summed E-state index contributed by atoms with van der Waals surface area (Å²) in [4.78, 5) is 8.36. The molecule has 21 heavy (non-hydrogen) atoms. The Morgan fingerprint density at radius 1 is 1.14 bits per heavy atom. The lowest BCUT2D eigenvalue weighted by Crippen LogP contribution is -1.98. The molecule has 8 nitrogen and oxygen atoms in total. The molecule has 3 aromatic heterocycles. The number of anilines is 1. The second-order valence-electron chi connectivity index (χ2n) is 4.35. The van der Waals surface area contributed by atoms with Gasteiger partial charge in [0.15, 0.2) is 5.75 Å². The number of pyridine rings is 1. The number of tetrazole rings is 1. The van der Waals surface area contributed by atoms with Crippen LogP contribution in [0.2, 0.25) is 0 Å². The molecule has 0 aliphatic heterocycles. The fourth-order valence-electron chi connectivity index (χ4n) is 2.09. The van der Waals surface area contributed by atoms with E-state index >= 15 is 0 Å². The number of hydrogen-bond acceptors (Lipinski definition) is 7. The van der Waals surface area contributed by atoms with Gasteiger partial charge in [-0.15, -0.1) is 5.10 Å². The molecule has 102 valence electrons. The Morgan fingerprint density at radius 3 is 3.05 bits per heavy atom. The van der Waals surface area contributed by atoms with Crippen molar-refractivity contribution >= 4 is 22.2 Å². The van der Waals surface area contributed by atoms with E-state index in [0.717, 1.165) is 5.39 Å². The van der Waals surface area contributed by atoms with Crippen LogP contribution in [0.1, 0.15) is 0 Å². The second-order valence-corrected chi connectivity index (χ2v) is 4.35. The number of nitrogen functional groups attached to an aromatic ring is 1. The molecule has 0 bridgehead atoms. The summed E-state index contributed by atoms with van der Waals surface area (Å²) in [6.45, 7) is 0. The first-order valence-electron chi connectivity index (χ1n) is 6.16. The van der Waals surface area contributed by atoms with Gasteiger partial charge in [-0.2, -0.15) is 4.52 Å². The summed E-state index contributed by atoms with van der Waals surface area (Å²) in [5.41, 5.74) is 7.76. The maximum absolute atomic E-state index is 5.95. The average molecular weight is 279 g/mol. The number of fused-ring (bicyclic) bond motifs is 2. The average Bonchev–Trinajstić information content (AvgIpc) is 3.00. The van der Waals surface area contributed by atoms with E-state index < -0.39 is 0 Å². The summed E-state index contributed by atoms with van der Waals surface area (Å²) in [5.74, 6) is 0.957. The number of nitrogens with zero attached hydrogens (tertiary/aromatic N) is 6. The van der Waals surface area contributed by atoms with Crippen molar-refractivity contribution in [2.75, 3.05) is 5.73 Å². The summed E-state index contributed by atoms with van der Waals surface area (Å²) in [5, 5.41) is 12.1. The zero-order chi connectivity index (χ0) is 14.2. The van der Waals surface area contributed by atoms with Gasteiger partial charge in [0.25, 0.3) is 0 Å². The van der Waals surface area contributed by atoms with Crippen LogP contribution in [0, 0.1) is 0 Å². The Kier molecular flexibility index (Phi) is 2.40. The molecule has 0 aliphatic rings. The van der Waals surface area contributed by atoms with Gasteiger partial charge in [-0.25, -0.2) is 0 Å². The van der Waals surface area contributed by atoms with Crippen LogP contribution in [0.15, 0.2) is 42.9 Å². The maximum atomic E-state index is 5.95. The summed E-state index contributed by atoms with van der Waals surface area (Å²) in [6.07, 6.45) is 4.77. The normalized spacial score (nSPS) is 11.0. The predicted octanol–water partition coefficient (Wildman–Crippen LogP) is 1.44. The van der Waals surface area contributed by atoms with Crippen LogP contribution in [0.25, 0.3) is 16.6 Å². The Hall–Kier alpha value is -3.29. The molecule has 8 heteroatoms. The van der Waals surface area contributed by atoms with E-state index in [0.29, 0.717) is 28.5 Å². The monoisotopic (exact) mass is 279 g/mol. The quantitative estimate of drug-likeness (QED) is 0.553. The van der Waals surface area contributed by atoms with Crippen molar-refractivity contribution in [1.29, 1.82) is 0 Å². The van der Waals surface area contributed by atoms with Gasteiger partial charge in [-0.3, -0.25) is 9.97 Å². The van der Waals surface area contributed by atoms with Gasteiger partial charge in [0.1, 0.15) is 5.52 Å². The SMILES string of the molecule is Nc1ccc(Oc2cncc3nnnn23)c2ncccc12. The maximum Gasteiger partial charge on any atom is 0.242 e.